The summed E-state index contributed by atoms with van der Waals surface area (Å²) in [5.74, 6) is 0.673. The molecule has 2 aromatic heterocycles. The maximum Gasteiger partial charge on any atom is 0.161 e. The predicted molar refractivity (Wildman–Crippen MR) is 234 cm³/mol. The van der Waals surface area contributed by atoms with Crippen LogP contribution < -0.4 is 0 Å². The van der Waals surface area contributed by atoms with Crippen molar-refractivity contribution in [3.05, 3.63) is 200 Å². The molecule has 2 heterocycles. The van der Waals surface area contributed by atoms with E-state index in [2.05, 4.69) is 187 Å². The van der Waals surface area contributed by atoms with E-state index in [4.69, 9.17) is 9.97 Å². The van der Waals surface area contributed by atoms with Gasteiger partial charge < -0.3 is 0 Å². The second-order valence-electron chi connectivity index (χ2n) is 14.4. The third kappa shape index (κ3) is 5.49. The molecule has 0 aliphatic rings. The minimum Gasteiger partial charge on any atom is -0.264 e. The molecule has 11 aromatic rings. The number of nitrogens with zero attached hydrogens (tertiary/aromatic N) is 3. The smallest absolute Gasteiger partial charge is 0.161 e. The van der Waals surface area contributed by atoms with Gasteiger partial charge in [0.05, 0.1) is 11.4 Å². The summed E-state index contributed by atoms with van der Waals surface area (Å²) in [4.78, 5) is 14.9. The number of pyridine rings is 1. The zero-order valence-electron chi connectivity index (χ0n) is 30.4. The number of rotatable bonds is 6. The molecule has 0 unspecified atom stereocenters. The Hall–Kier alpha value is -7.49. The molecular formula is C53H33N3. The highest BCUT2D eigenvalue weighted by molar-refractivity contribution is 6.25. The molecule has 0 bridgehead atoms. The summed E-state index contributed by atoms with van der Waals surface area (Å²) in [6.07, 6.45) is 3.70. The van der Waals surface area contributed by atoms with Crippen LogP contribution in [-0.4, -0.2) is 15.0 Å². The summed E-state index contributed by atoms with van der Waals surface area (Å²) in [6, 6.07) is 67.3. The SMILES string of the molecule is c1cncc(-c2ccccc2-c2nc(-c3ccc(-c4ccc5ccccc5c4)cc3)cc(-c3ccc(-c4ccc5ccc6cccc7ccc4c5c67)cc3)n2)c1. The normalized spacial score (nSPS) is 11.6. The van der Waals surface area contributed by atoms with Gasteiger partial charge in [-0.3, -0.25) is 4.98 Å². The van der Waals surface area contributed by atoms with Crippen molar-refractivity contribution in [3.63, 3.8) is 0 Å². The van der Waals surface area contributed by atoms with E-state index in [1.54, 1.807) is 6.20 Å². The monoisotopic (exact) mass is 711 g/mol. The summed E-state index contributed by atoms with van der Waals surface area (Å²) in [5.41, 5.74) is 11.6. The zero-order chi connectivity index (χ0) is 37.0. The molecule has 9 aromatic carbocycles. The first kappa shape index (κ1) is 32.0. The van der Waals surface area contributed by atoms with Gasteiger partial charge in [-0.15, -0.1) is 0 Å². The van der Waals surface area contributed by atoms with Crippen LogP contribution >= 0.6 is 0 Å². The fraction of sp³-hybridized carbons (Fsp3) is 0. The Kier molecular flexibility index (Phi) is 7.49. The van der Waals surface area contributed by atoms with Crippen LogP contribution in [0.15, 0.2) is 200 Å². The number of hydrogen-bond acceptors (Lipinski definition) is 3. The van der Waals surface area contributed by atoms with Gasteiger partial charge in [-0.05, 0) is 89.1 Å². The topological polar surface area (TPSA) is 38.7 Å². The van der Waals surface area contributed by atoms with Crippen molar-refractivity contribution in [2.75, 3.05) is 0 Å². The van der Waals surface area contributed by atoms with Crippen molar-refractivity contribution in [2.45, 2.75) is 0 Å². The molecule has 0 N–H and O–H groups in total. The van der Waals surface area contributed by atoms with Gasteiger partial charge in [-0.1, -0.05) is 170 Å². The molecule has 0 fully saturated rings. The van der Waals surface area contributed by atoms with E-state index in [9.17, 15) is 0 Å². The molecule has 0 saturated carbocycles. The van der Waals surface area contributed by atoms with E-state index < -0.39 is 0 Å². The molecule has 0 radical (unpaired) electrons. The van der Waals surface area contributed by atoms with Gasteiger partial charge in [0.1, 0.15) is 0 Å². The van der Waals surface area contributed by atoms with Crippen LogP contribution in [0, 0.1) is 0 Å². The zero-order valence-corrected chi connectivity index (χ0v) is 30.4. The lowest BCUT2D eigenvalue weighted by Crippen LogP contribution is -1.97. The molecule has 260 valence electrons. The Labute approximate surface area is 324 Å². The first-order valence-electron chi connectivity index (χ1n) is 19.0. The number of benzene rings is 9. The second-order valence-corrected chi connectivity index (χ2v) is 14.4. The molecule has 0 aliphatic carbocycles. The lowest BCUT2D eigenvalue weighted by Gasteiger charge is -2.15. The first-order chi connectivity index (χ1) is 27.7. The summed E-state index contributed by atoms with van der Waals surface area (Å²) in [6.45, 7) is 0. The van der Waals surface area contributed by atoms with Crippen LogP contribution in [0.1, 0.15) is 0 Å². The van der Waals surface area contributed by atoms with Crippen LogP contribution in [0.4, 0.5) is 0 Å². The van der Waals surface area contributed by atoms with E-state index >= 15 is 0 Å². The average molecular weight is 712 g/mol. The van der Waals surface area contributed by atoms with Gasteiger partial charge in [0.2, 0.25) is 0 Å². The highest BCUT2D eigenvalue weighted by Gasteiger charge is 2.16. The molecule has 0 atom stereocenters. The quantitative estimate of drug-likeness (QED) is 0.161. The average Bonchev–Trinajstić information content (AvgIpc) is 3.28. The lowest BCUT2D eigenvalue weighted by atomic mass is 9.89. The molecule has 56 heavy (non-hydrogen) atoms. The highest BCUT2D eigenvalue weighted by atomic mass is 14.9. The van der Waals surface area contributed by atoms with Gasteiger partial charge in [0.15, 0.2) is 5.82 Å². The maximum atomic E-state index is 5.26. The molecule has 3 nitrogen and oxygen atoms in total. The second kappa shape index (κ2) is 13.1. The van der Waals surface area contributed by atoms with Gasteiger partial charge >= 0.3 is 0 Å². The van der Waals surface area contributed by atoms with Crippen LogP contribution in [0.3, 0.4) is 0 Å². The van der Waals surface area contributed by atoms with Crippen molar-refractivity contribution in [1.82, 2.24) is 15.0 Å². The van der Waals surface area contributed by atoms with Crippen molar-refractivity contribution in [1.29, 1.82) is 0 Å². The van der Waals surface area contributed by atoms with Crippen molar-refractivity contribution in [3.8, 4) is 67.3 Å². The number of fused-ring (bicyclic) bond motifs is 1. The standard InChI is InChI=1S/C53H33N3/c1-2-8-42-31-43(25-16-34(42)7-1)35-14-19-37(20-15-35)49-32-50(56-53(55-49)48-13-4-3-12-45(48)44-11-6-30-54-33-44)38-21-17-36(18-22-38)46-28-26-41-24-23-39-9-5-10-40-27-29-47(46)52(41)51(39)40/h1-33H. The van der Waals surface area contributed by atoms with Crippen molar-refractivity contribution in [2.24, 2.45) is 0 Å². The lowest BCUT2D eigenvalue weighted by molar-refractivity contribution is 1.18. The van der Waals surface area contributed by atoms with Crippen LogP contribution in [0.2, 0.25) is 0 Å². The van der Waals surface area contributed by atoms with Gasteiger partial charge in [-0.25, -0.2) is 9.97 Å². The van der Waals surface area contributed by atoms with Crippen LogP contribution in [0.25, 0.3) is 110 Å². The molecule has 0 saturated heterocycles. The Balaban J connectivity index is 1.02. The van der Waals surface area contributed by atoms with Crippen LogP contribution in [0.5, 0.6) is 0 Å². The Morgan fingerprint density at radius 2 is 0.875 bits per heavy atom. The van der Waals surface area contributed by atoms with Gasteiger partial charge in [0.25, 0.3) is 0 Å². The summed E-state index contributed by atoms with van der Waals surface area (Å²) >= 11 is 0. The summed E-state index contributed by atoms with van der Waals surface area (Å²) in [5, 5.41) is 10.2. The van der Waals surface area contributed by atoms with E-state index in [0.717, 1.165) is 39.2 Å². The van der Waals surface area contributed by atoms with Gasteiger partial charge in [-0.2, -0.15) is 0 Å². The van der Waals surface area contributed by atoms with Crippen molar-refractivity contribution < 1.29 is 0 Å². The molecule has 11 rings (SSSR count). The van der Waals surface area contributed by atoms with Gasteiger partial charge in [0, 0.05) is 34.6 Å². The van der Waals surface area contributed by atoms with E-state index in [1.807, 2.05) is 12.3 Å². The largest absolute Gasteiger partial charge is 0.264 e. The number of hydrogen-bond donors (Lipinski definition) is 0. The van der Waals surface area contributed by atoms with Crippen LogP contribution in [-0.2, 0) is 0 Å². The predicted octanol–water partition coefficient (Wildman–Crippen LogP) is 13.9. The fourth-order valence-corrected chi connectivity index (χ4v) is 8.33. The van der Waals surface area contributed by atoms with Crippen molar-refractivity contribution >= 4 is 43.1 Å². The summed E-state index contributed by atoms with van der Waals surface area (Å²) in [7, 11) is 0. The number of aromatic nitrogens is 3. The minimum atomic E-state index is 0.673. The van der Waals surface area contributed by atoms with E-state index in [0.29, 0.717) is 5.82 Å². The summed E-state index contributed by atoms with van der Waals surface area (Å²) < 4.78 is 0. The minimum absolute atomic E-state index is 0.673. The van der Waals surface area contributed by atoms with E-state index in [-0.39, 0.29) is 0 Å². The molecule has 0 amide bonds. The van der Waals surface area contributed by atoms with E-state index in [1.165, 1.54) is 65.3 Å². The Bertz CT molecular complexity index is 3210. The molecular weight excluding hydrogens is 679 g/mol. The highest BCUT2D eigenvalue weighted by Crippen LogP contribution is 2.40. The molecule has 3 heteroatoms. The first-order valence-corrected chi connectivity index (χ1v) is 19.0. The maximum absolute atomic E-state index is 5.26. The molecule has 0 aliphatic heterocycles. The Morgan fingerprint density at radius 1 is 0.304 bits per heavy atom. The third-order valence-corrected chi connectivity index (χ3v) is 11.2. The Morgan fingerprint density at radius 3 is 1.61 bits per heavy atom. The fourth-order valence-electron chi connectivity index (χ4n) is 8.33. The third-order valence-electron chi connectivity index (χ3n) is 11.2. The molecule has 0 spiro atoms.